The third kappa shape index (κ3) is 5.36. The molecule has 3 heteroatoms. The molecule has 0 aliphatic carbocycles. The molecule has 0 atom stereocenters. The standard InChI is InChI=1S/C56H36N2O/c1-2-17-40(18-3-1)57(42-19-14-16-38(33-42)50-34-39-15-4-5-20-44(39)45-21-6-7-22-46(45)50)43-35-51(56-52(36-43)49-25-10-13-28-55(49)59-56)37-29-31-41(32-30-37)58-53-26-11-8-23-47(53)48-24-9-12-27-54(48)58/h1-36H. The molecular weight excluding hydrogens is 717 g/mol. The zero-order valence-electron chi connectivity index (χ0n) is 32.1. The van der Waals surface area contributed by atoms with E-state index in [0.29, 0.717) is 0 Å². The summed E-state index contributed by atoms with van der Waals surface area (Å²) in [6, 6.07) is 78.7. The van der Waals surface area contributed by atoms with Crippen LogP contribution in [0.15, 0.2) is 223 Å². The Hall–Kier alpha value is -7.88. The number of rotatable bonds is 6. The first kappa shape index (κ1) is 33.3. The number of aromatic nitrogens is 1. The fourth-order valence-corrected chi connectivity index (χ4v) is 9.28. The van der Waals surface area contributed by atoms with Gasteiger partial charge in [0.2, 0.25) is 0 Å². The highest BCUT2D eigenvalue weighted by Gasteiger charge is 2.21. The van der Waals surface area contributed by atoms with E-state index in [1.165, 1.54) is 54.5 Å². The van der Waals surface area contributed by atoms with Crippen LogP contribution in [0.25, 0.3) is 93.2 Å². The van der Waals surface area contributed by atoms with Crippen molar-refractivity contribution in [1.29, 1.82) is 0 Å². The van der Waals surface area contributed by atoms with Crippen LogP contribution in [0.3, 0.4) is 0 Å². The van der Waals surface area contributed by atoms with Gasteiger partial charge in [0, 0.05) is 49.9 Å². The molecule has 0 fully saturated rings. The molecular formula is C56H36N2O. The molecule has 0 spiro atoms. The number of anilines is 3. The molecule has 276 valence electrons. The molecule has 2 aromatic heterocycles. The van der Waals surface area contributed by atoms with Crippen LogP contribution < -0.4 is 4.90 Å². The van der Waals surface area contributed by atoms with E-state index in [1.54, 1.807) is 0 Å². The minimum atomic E-state index is 0.874. The Kier molecular flexibility index (Phi) is 7.54. The summed E-state index contributed by atoms with van der Waals surface area (Å²) in [6.45, 7) is 0. The molecule has 3 nitrogen and oxygen atoms in total. The van der Waals surface area contributed by atoms with E-state index in [-0.39, 0.29) is 0 Å². The average molecular weight is 753 g/mol. The number of hydrogen-bond acceptors (Lipinski definition) is 2. The van der Waals surface area contributed by atoms with Gasteiger partial charge in [-0.3, -0.25) is 0 Å². The maximum absolute atomic E-state index is 6.73. The van der Waals surface area contributed by atoms with Crippen LogP contribution >= 0.6 is 0 Å². The van der Waals surface area contributed by atoms with E-state index in [4.69, 9.17) is 4.42 Å². The predicted octanol–water partition coefficient (Wildman–Crippen LogP) is 15.8. The van der Waals surface area contributed by atoms with Crippen LogP contribution in [0.2, 0.25) is 0 Å². The SMILES string of the molecule is c1ccc(N(c2cccc(-c3cc4ccccc4c4ccccc34)c2)c2cc(-c3ccc(-n4c5ccccc5c5ccccc54)cc3)c3oc4ccccc4c3c2)cc1. The third-order valence-corrected chi connectivity index (χ3v) is 11.9. The highest BCUT2D eigenvalue weighted by atomic mass is 16.3. The number of para-hydroxylation sites is 4. The quantitative estimate of drug-likeness (QED) is 0.158. The molecule has 0 saturated heterocycles. The Morgan fingerprint density at radius 2 is 0.949 bits per heavy atom. The van der Waals surface area contributed by atoms with E-state index in [0.717, 1.165) is 55.8 Å². The lowest BCUT2D eigenvalue weighted by Gasteiger charge is -2.27. The van der Waals surface area contributed by atoms with Crippen molar-refractivity contribution in [3.05, 3.63) is 218 Å². The zero-order chi connectivity index (χ0) is 38.9. The first-order valence-corrected chi connectivity index (χ1v) is 20.2. The van der Waals surface area contributed by atoms with Crippen molar-refractivity contribution in [2.45, 2.75) is 0 Å². The van der Waals surface area contributed by atoms with Gasteiger partial charge in [-0.05, 0) is 111 Å². The molecule has 0 radical (unpaired) electrons. The van der Waals surface area contributed by atoms with E-state index in [9.17, 15) is 0 Å². The van der Waals surface area contributed by atoms with Crippen LogP contribution in [-0.4, -0.2) is 4.57 Å². The summed E-state index contributed by atoms with van der Waals surface area (Å²) < 4.78 is 9.10. The van der Waals surface area contributed by atoms with Gasteiger partial charge >= 0.3 is 0 Å². The van der Waals surface area contributed by atoms with Gasteiger partial charge in [-0.15, -0.1) is 0 Å². The number of furan rings is 1. The molecule has 12 aromatic rings. The Balaban J connectivity index is 1.05. The summed E-state index contributed by atoms with van der Waals surface area (Å²) in [5.41, 5.74) is 13.0. The molecule has 12 rings (SSSR count). The lowest BCUT2D eigenvalue weighted by atomic mass is 9.93. The summed E-state index contributed by atoms with van der Waals surface area (Å²) in [7, 11) is 0. The van der Waals surface area contributed by atoms with Crippen LogP contribution in [-0.2, 0) is 0 Å². The van der Waals surface area contributed by atoms with Gasteiger partial charge in [0.05, 0.1) is 11.0 Å². The highest BCUT2D eigenvalue weighted by Crippen LogP contribution is 2.45. The molecule has 0 aliphatic heterocycles. The number of hydrogen-bond donors (Lipinski definition) is 0. The minimum Gasteiger partial charge on any atom is -0.455 e. The second kappa shape index (κ2) is 13.4. The predicted molar refractivity (Wildman–Crippen MR) is 249 cm³/mol. The number of nitrogens with zero attached hydrogens (tertiary/aromatic N) is 2. The van der Waals surface area contributed by atoms with Gasteiger partial charge in [-0.25, -0.2) is 0 Å². The topological polar surface area (TPSA) is 21.3 Å². The Morgan fingerprint density at radius 1 is 0.339 bits per heavy atom. The second-order valence-electron chi connectivity index (χ2n) is 15.3. The lowest BCUT2D eigenvalue weighted by molar-refractivity contribution is 0.670. The molecule has 0 N–H and O–H groups in total. The summed E-state index contributed by atoms with van der Waals surface area (Å²) >= 11 is 0. The maximum Gasteiger partial charge on any atom is 0.143 e. The van der Waals surface area contributed by atoms with Crippen LogP contribution in [0, 0.1) is 0 Å². The first-order chi connectivity index (χ1) is 29.3. The summed E-state index contributed by atoms with van der Waals surface area (Å²) in [4.78, 5) is 2.38. The van der Waals surface area contributed by atoms with Gasteiger partial charge in [-0.2, -0.15) is 0 Å². The van der Waals surface area contributed by atoms with Crippen LogP contribution in [0.5, 0.6) is 0 Å². The van der Waals surface area contributed by atoms with E-state index in [1.807, 2.05) is 6.07 Å². The molecule has 10 aromatic carbocycles. The normalized spacial score (nSPS) is 11.7. The zero-order valence-corrected chi connectivity index (χ0v) is 32.1. The van der Waals surface area contributed by atoms with Crippen molar-refractivity contribution in [2.75, 3.05) is 4.90 Å². The largest absolute Gasteiger partial charge is 0.455 e. The smallest absolute Gasteiger partial charge is 0.143 e. The molecule has 0 saturated carbocycles. The average Bonchev–Trinajstić information content (AvgIpc) is 3.85. The molecule has 59 heavy (non-hydrogen) atoms. The van der Waals surface area contributed by atoms with Gasteiger partial charge < -0.3 is 13.9 Å². The monoisotopic (exact) mass is 752 g/mol. The van der Waals surface area contributed by atoms with Gasteiger partial charge in [0.15, 0.2) is 0 Å². The molecule has 0 unspecified atom stereocenters. The minimum absolute atomic E-state index is 0.874. The number of fused-ring (bicyclic) bond motifs is 9. The van der Waals surface area contributed by atoms with Crippen molar-refractivity contribution >= 4 is 82.4 Å². The summed E-state index contributed by atoms with van der Waals surface area (Å²) in [5, 5.41) is 9.69. The molecule has 0 bridgehead atoms. The van der Waals surface area contributed by atoms with Gasteiger partial charge in [-0.1, -0.05) is 146 Å². The Bertz CT molecular complexity index is 3500. The molecule has 0 aliphatic rings. The molecule has 2 heterocycles. The fraction of sp³-hybridized carbons (Fsp3) is 0. The van der Waals surface area contributed by atoms with Gasteiger partial charge in [0.1, 0.15) is 11.2 Å². The van der Waals surface area contributed by atoms with Crippen LogP contribution in [0.1, 0.15) is 0 Å². The lowest BCUT2D eigenvalue weighted by Crippen LogP contribution is -2.10. The third-order valence-electron chi connectivity index (χ3n) is 11.9. The molecule has 0 amide bonds. The fourth-order valence-electron chi connectivity index (χ4n) is 9.28. The van der Waals surface area contributed by atoms with E-state index < -0.39 is 0 Å². The Labute approximate surface area is 341 Å². The first-order valence-electron chi connectivity index (χ1n) is 20.2. The van der Waals surface area contributed by atoms with Crippen molar-refractivity contribution < 1.29 is 4.42 Å². The summed E-state index contributed by atoms with van der Waals surface area (Å²) in [6.07, 6.45) is 0. The van der Waals surface area contributed by atoms with Crippen molar-refractivity contribution in [3.63, 3.8) is 0 Å². The highest BCUT2D eigenvalue weighted by molar-refractivity contribution is 6.15. The second-order valence-corrected chi connectivity index (χ2v) is 15.3. The van der Waals surface area contributed by atoms with Crippen molar-refractivity contribution in [3.8, 4) is 27.9 Å². The van der Waals surface area contributed by atoms with Crippen molar-refractivity contribution in [2.24, 2.45) is 0 Å². The van der Waals surface area contributed by atoms with Crippen LogP contribution in [0.4, 0.5) is 17.1 Å². The summed E-state index contributed by atoms with van der Waals surface area (Å²) in [5.74, 6) is 0. The maximum atomic E-state index is 6.73. The van der Waals surface area contributed by atoms with E-state index >= 15 is 0 Å². The van der Waals surface area contributed by atoms with Gasteiger partial charge in [0.25, 0.3) is 0 Å². The number of benzene rings is 10. The van der Waals surface area contributed by atoms with Crippen molar-refractivity contribution in [1.82, 2.24) is 4.57 Å². The Morgan fingerprint density at radius 3 is 1.71 bits per heavy atom. The van der Waals surface area contributed by atoms with E-state index in [2.05, 4.69) is 222 Å².